The highest BCUT2D eigenvalue weighted by Gasteiger charge is 2.23. The molecule has 0 aliphatic carbocycles. The molecule has 2 rings (SSSR count). The predicted molar refractivity (Wildman–Crippen MR) is 131 cm³/mol. The molecular formula is C26H39ClO5. The van der Waals surface area contributed by atoms with Crippen LogP contribution in [0.3, 0.4) is 0 Å². The van der Waals surface area contributed by atoms with E-state index in [9.17, 15) is 0 Å². The van der Waals surface area contributed by atoms with E-state index >= 15 is 0 Å². The van der Waals surface area contributed by atoms with E-state index in [-0.39, 0.29) is 12.0 Å². The van der Waals surface area contributed by atoms with Gasteiger partial charge in [-0.1, -0.05) is 52.0 Å². The van der Waals surface area contributed by atoms with Crippen molar-refractivity contribution >= 4 is 11.6 Å². The zero-order valence-electron chi connectivity index (χ0n) is 19.9. The number of ether oxygens (including phenoxy) is 4. The van der Waals surface area contributed by atoms with Gasteiger partial charge in [-0.2, -0.15) is 0 Å². The Labute approximate surface area is 198 Å². The lowest BCUT2D eigenvalue weighted by Gasteiger charge is -2.26. The van der Waals surface area contributed by atoms with Crippen molar-refractivity contribution < 1.29 is 24.1 Å². The minimum Gasteiger partial charge on any atom is -0.494 e. The first-order valence-electron chi connectivity index (χ1n) is 11.4. The Bertz CT molecular complexity index is 701. The van der Waals surface area contributed by atoms with Crippen LogP contribution in [0.2, 0.25) is 0 Å². The molecule has 0 aromatic heterocycles. The van der Waals surface area contributed by atoms with Gasteiger partial charge in [0.1, 0.15) is 18.1 Å². The summed E-state index contributed by atoms with van der Waals surface area (Å²) >= 11 is 5.69. The molecule has 0 atom stereocenters. The summed E-state index contributed by atoms with van der Waals surface area (Å²) in [5, 5.41) is 8.62. The average Bonchev–Trinajstić information content (AvgIpc) is 2.83. The van der Waals surface area contributed by atoms with Crippen molar-refractivity contribution in [3.63, 3.8) is 0 Å². The van der Waals surface area contributed by atoms with Crippen molar-refractivity contribution in [3.8, 4) is 11.5 Å². The van der Waals surface area contributed by atoms with E-state index in [0.29, 0.717) is 45.5 Å². The number of benzene rings is 2. The summed E-state index contributed by atoms with van der Waals surface area (Å²) in [6.07, 6.45) is 0.842. The fourth-order valence-corrected chi connectivity index (χ4v) is 3.06. The smallest absolute Gasteiger partial charge is 0.119 e. The van der Waals surface area contributed by atoms with Crippen LogP contribution in [0, 0.1) is 0 Å². The van der Waals surface area contributed by atoms with E-state index in [1.165, 1.54) is 11.1 Å². The normalized spacial score (nSPS) is 10.9. The zero-order chi connectivity index (χ0) is 23.7. The molecule has 0 radical (unpaired) electrons. The number of hydrogen-bond donors (Lipinski definition) is 1. The van der Waals surface area contributed by atoms with Gasteiger partial charge in [-0.15, -0.1) is 11.6 Å². The van der Waals surface area contributed by atoms with Gasteiger partial charge in [0.25, 0.3) is 0 Å². The fraction of sp³-hybridized carbons (Fsp3) is 0.538. The van der Waals surface area contributed by atoms with Gasteiger partial charge < -0.3 is 24.1 Å². The molecule has 0 heterocycles. The second kappa shape index (κ2) is 16.8. The van der Waals surface area contributed by atoms with Gasteiger partial charge in [-0.25, -0.2) is 0 Å². The topological polar surface area (TPSA) is 57.2 Å². The number of aliphatic hydroxyl groups is 1. The summed E-state index contributed by atoms with van der Waals surface area (Å²) in [4.78, 5) is 0. The van der Waals surface area contributed by atoms with Crippen LogP contribution >= 0.6 is 11.6 Å². The van der Waals surface area contributed by atoms with E-state index in [1.54, 1.807) is 0 Å². The van der Waals surface area contributed by atoms with Gasteiger partial charge in [0.05, 0.1) is 39.6 Å². The Hall–Kier alpha value is -1.79. The Balaban J connectivity index is 0.00000249. The quantitative estimate of drug-likeness (QED) is 0.279. The van der Waals surface area contributed by atoms with Gasteiger partial charge in [-0.3, -0.25) is 0 Å². The molecule has 1 N–H and O–H groups in total. The number of halogens is 1. The summed E-state index contributed by atoms with van der Waals surface area (Å²) in [5.74, 6) is 2.29. The SMILES string of the molecule is CC.CC(C)(c1ccc(OCCCCl)cc1)c1ccc(OCCOCCOCCO)cc1. The van der Waals surface area contributed by atoms with Crippen molar-refractivity contribution in [2.24, 2.45) is 0 Å². The molecule has 5 nitrogen and oxygen atoms in total. The zero-order valence-corrected chi connectivity index (χ0v) is 20.7. The number of hydrogen-bond acceptors (Lipinski definition) is 5. The standard InChI is InChI=1S/C24H33ClO5.C2H6/c1-24(2,20-4-8-22(9-5-20)29-14-3-12-25)21-6-10-23(11-7-21)30-19-18-28-17-16-27-15-13-26;1-2/h4-11,26H,3,12-19H2,1-2H3;1-2H3. The fourth-order valence-electron chi connectivity index (χ4n) is 2.95. The van der Waals surface area contributed by atoms with Crippen LogP contribution in [0.1, 0.15) is 45.2 Å². The van der Waals surface area contributed by atoms with Crippen molar-refractivity contribution in [3.05, 3.63) is 59.7 Å². The highest BCUT2D eigenvalue weighted by Crippen LogP contribution is 2.33. The minimum atomic E-state index is -0.134. The lowest BCUT2D eigenvalue weighted by molar-refractivity contribution is 0.0247. The van der Waals surface area contributed by atoms with E-state index in [4.69, 9.17) is 35.7 Å². The second-order valence-electron chi connectivity index (χ2n) is 7.36. The van der Waals surface area contributed by atoms with Gasteiger partial charge in [0, 0.05) is 11.3 Å². The Morgan fingerprint density at radius 1 is 0.688 bits per heavy atom. The second-order valence-corrected chi connectivity index (χ2v) is 7.74. The van der Waals surface area contributed by atoms with Gasteiger partial charge in [0.2, 0.25) is 0 Å². The van der Waals surface area contributed by atoms with Crippen LogP contribution in [0.15, 0.2) is 48.5 Å². The van der Waals surface area contributed by atoms with Crippen molar-refractivity contribution in [2.45, 2.75) is 39.5 Å². The Morgan fingerprint density at radius 2 is 1.12 bits per heavy atom. The summed E-state index contributed by atoms with van der Waals surface area (Å²) in [6.45, 7) is 11.4. The molecule has 0 aliphatic rings. The minimum absolute atomic E-state index is 0.0324. The molecule has 0 bridgehead atoms. The third-order valence-electron chi connectivity index (χ3n) is 4.80. The molecule has 0 saturated carbocycles. The Morgan fingerprint density at radius 3 is 1.59 bits per heavy atom. The summed E-state index contributed by atoms with van der Waals surface area (Å²) in [5.41, 5.74) is 2.30. The van der Waals surface area contributed by atoms with Crippen molar-refractivity contribution in [1.82, 2.24) is 0 Å². The van der Waals surface area contributed by atoms with Crippen molar-refractivity contribution in [2.75, 3.05) is 52.1 Å². The highest BCUT2D eigenvalue weighted by atomic mass is 35.5. The summed E-state index contributed by atoms with van der Waals surface area (Å²) in [6, 6.07) is 16.4. The van der Waals surface area contributed by atoms with E-state index < -0.39 is 0 Å². The number of aliphatic hydroxyl groups excluding tert-OH is 1. The van der Waals surface area contributed by atoms with E-state index in [0.717, 1.165) is 17.9 Å². The monoisotopic (exact) mass is 466 g/mol. The first kappa shape index (κ1) is 28.2. The van der Waals surface area contributed by atoms with Crippen LogP contribution in [0.5, 0.6) is 11.5 Å². The lowest BCUT2D eigenvalue weighted by Crippen LogP contribution is -2.18. The molecule has 2 aromatic carbocycles. The average molecular weight is 467 g/mol. The number of alkyl halides is 1. The van der Waals surface area contributed by atoms with Gasteiger partial charge in [0.15, 0.2) is 0 Å². The first-order chi connectivity index (χ1) is 15.6. The first-order valence-corrected chi connectivity index (χ1v) is 11.9. The summed E-state index contributed by atoms with van der Waals surface area (Å²) in [7, 11) is 0. The third-order valence-corrected chi connectivity index (χ3v) is 5.07. The van der Waals surface area contributed by atoms with Crippen LogP contribution in [0.25, 0.3) is 0 Å². The number of rotatable bonds is 15. The molecule has 6 heteroatoms. The van der Waals surface area contributed by atoms with Crippen LogP contribution in [-0.2, 0) is 14.9 Å². The van der Waals surface area contributed by atoms with Gasteiger partial charge in [-0.05, 0) is 41.8 Å². The molecular weight excluding hydrogens is 428 g/mol. The molecule has 0 spiro atoms. The molecule has 32 heavy (non-hydrogen) atoms. The van der Waals surface area contributed by atoms with Crippen LogP contribution < -0.4 is 9.47 Å². The largest absolute Gasteiger partial charge is 0.494 e. The molecule has 0 aliphatic heterocycles. The molecule has 0 amide bonds. The molecule has 2 aromatic rings. The maximum atomic E-state index is 8.62. The predicted octanol–water partition coefficient (Wildman–Crippen LogP) is 5.45. The highest BCUT2D eigenvalue weighted by molar-refractivity contribution is 6.17. The molecule has 0 saturated heterocycles. The van der Waals surface area contributed by atoms with Gasteiger partial charge >= 0.3 is 0 Å². The van der Waals surface area contributed by atoms with Crippen LogP contribution in [0.4, 0.5) is 0 Å². The molecule has 180 valence electrons. The van der Waals surface area contributed by atoms with Crippen LogP contribution in [-0.4, -0.2) is 57.2 Å². The van der Waals surface area contributed by atoms with Crippen molar-refractivity contribution in [1.29, 1.82) is 0 Å². The summed E-state index contributed by atoms with van der Waals surface area (Å²) < 4.78 is 22.0. The Kier molecular flexibility index (Phi) is 14.8. The van der Waals surface area contributed by atoms with E-state index in [1.807, 2.05) is 38.1 Å². The third kappa shape index (κ3) is 10.2. The molecule has 0 fully saturated rings. The lowest BCUT2D eigenvalue weighted by atomic mass is 9.78. The maximum Gasteiger partial charge on any atom is 0.119 e. The molecule has 0 unspecified atom stereocenters. The van der Waals surface area contributed by atoms with E-state index in [2.05, 4.69) is 38.1 Å². The maximum absolute atomic E-state index is 8.62.